The molecule has 0 saturated carbocycles. The van der Waals surface area contributed by atoms with Gasteiger partial charge in [-0.05, 0) is 71.7 Å². The van der Waals surface area contributed by atoms with E-state index >= 15 is 0 Å². The molecule has 1 N–H and O–H groups in total. The van der Waals surface area contributed by atoms with E-state index < -0.39 is 0 Å². The Balaban J connectivity index is 2.29. The molecule has 0 aliphatic carbocycles. The molecule has 19 heavy (non-hydrogen) atoms. The van der Waals surface area contributed by atoms with Crippen LogP contribution in [0.3, 0.4) is 0 Å². The van der Waals surface area contributed by atoms with Crippen molar-refractivity contribution in [1.82, 2.24) is 10.3 Å². The number of halogens is 2. The second-order valence-electron chi connectivity index (χ2n) is 4.49. The molecule has 1 atom stereocenters. The molecule has 0 aliphatic rings. The van der Waals surface area contributed by atoms with Gasteiger partial charge in [-0.25, -0.2) is 4.39 Å². The van der Waals surface area contributed by atoms with Crippen molar-refractivity contribution in [2.24, 2.45) is 0 Å². The maximum Gasteiger partial charge on any atom is 0.123 e. The van der Waals surface area contributed by atoms with Crippen LogP contribution in [0.4, 0.5) is 4.39 Å². The predicted octanol–water partition coefficient (Wildman–Crippen LogP) is 3.79. The van der Waals surface area contributed by atoms with Gasteiger partial charge in [0.05, 0.1) is 11.7 Å². The Morgan fingerprint density at radius 2 is 2.16 bits per heavy atom. The van der Waals surface area contributed by atoms with E-state index in [2.05, 4.69) is 26.2 Å². The van der Waals surface area contributed by atoms with Gasteiger partial charge in [0.1, 0.15) is 5.82 Å². The van der Waals surface area contributed by atoms with Gasteiger partial charge in [-0.2, -0.15) is 0 Å². The van der Waals surface area contributed by atoms with Crippen LogP contribution in [-0.4, -0.2) is 12.0 Å². The predicted molar refractivity (Wildman–Crippen MR) is 78.6 cm³/mol. The summed E-state index contributed by atoms with van der Waals surface area (Å²) in [5.41, 5.74) is 3.03. The lowest BCUT2D eigenvalue weighted by molar-refractivity contribution is 0.566. The Morgan fingerprint density at radius 1 is 1.37 bits per heavy atom. The summed E-state index contributed by atoms with van der Waals surface area (Å²) in [6, 6.07) is 8.79. The van der Waals surface area contributed by atoms with Crippen LogP contribution in [0.1, 0.15) is 22.9 Å². The number of aryl methyl sites for hydroxylation is 1. The Morgan fingerprint density at radius 3 is 2.84 bits per heavy atom. The van der Waals surface area contributed by atoms with Crippen LogP contribution >= 0.6 is 15.9 Å². The van der Waals surface area contributed by atoms with E-state index in [1.165, 1.54) is 6.07 Å². The fourth-order valence-corrected chi connectivity index (χ4v) is 2.60. The Labute approximate surface area is 121 Å². The molecule has 100 valence electrons. The van der Waals surface area contributed by atoms with Crippen molar-refractivity contribution >= 4 is 15.9 Å². The van der Waals surface area contributed by atoms with Gasteiger partial charge in [-0.1, -0.05) is 6.07 Å². The fourth-order valence-electron chi connectivity index (χ4n) is 2.07. The van der Waals surface area contributed by atoms with Crippen molar-refractivity contribution in [2.75, 3.05) is 7.05 Å². The molecule has 4 heteroatoms. The number of hydrogen-bond donors (Lipinski definition) is 1. The summed E-state index contributed by atoms with van der Waals surface area (Å²) >= 11 is 3.51. The minimum atomic E-state index is -0.199. The number of nitrogens with one attached hydrogen (secondary N) is 1. The van der Waals surface area contributed by atoms with Gasteiger partial charge in [-0.3, -0.25) is 4.98 Å². The number of aromatic nitrogens is 1. The molecule has 0 saturated heterocycles. The zero-order chi connectivity index (χ0) is 13.8. The first-order valence-electron chi connectivity index (χ1n) is 6.14. The topological polar surface area (TPSA) is 24.9 Å². The van der Waals surface area contributed by atoms with Crippen LogP contribution in [0.25, 0.3) is 0 Å². The zero-order valence-corrected chi connectivity index (χ0v) is 12.5. The number of pyridine rings is 1. The monoisotopic (exact) mass is 322 g/mol. The van der Waals surface area contributed by atoms with Gasteiger partial charge < -0.3 is 5.32 Å². The highest BCUT2D eigenvalue weighted by Crippen LogP contribution is 2.25. The van der Waals surface area contributed by atoms with Crippen LogP contribution in [0.15, 0.2) is 41.0 Å². The summed E-state index contributed by atoms with van der Waals surface area (Å²) in [5, 5.41) is 3.24. The highest BCUT2D eigenvalue weighted by atomic mass is 79.9. The fraction of sp³-hybridized carbons (Fsp3) is 0.267. The quantitative estimate of drug-likeness (QED) is 0.926. The third-order valence-electron chi connectivity index (χ3n) is 3.20. The molecule has 2 nitrogen and oxygen atoms in total. The summed E-state index contributed by atoms with van der Waals surface area (Å²) in [4.78, 5) is 4.39. The number of likely N-dealkylation sites (N-methyl/N-ethyl adjacent to an activating group) is 1. The Hall–Kier alpha value is -1.26. The van der Waals surface area contributed by atoms with Crippen LogP contribution in [0.5, 0.6) is 0 Å². The van der Waals surface area contributed by atoms with E-state index in [-0.39, 0.29) is 11.9 Å². The molecule has 1 aromatic heterocycles. The molecule has 1 heterocycles. The molecule has 1 aromatic carbocycles. The minimum Gasteiger partial charge on any atom is -0.311 e. The summed E-state index contributed by atoms with van der Waals surface area (Å²) in [5.74, 6) is -0.199. The molecular formula is C15H16BrFN2. The van der Waals surface area contributed by atoms with Crippen molar-refractivity contribution < 1.29 is 4.39 Å². The third kappa shape index (κ3) is 3.39. The average Bonchev–Trinajstić information content (AvgIpc) is 2.41. The molecule has 0 amide bonds. The Bertz CT molecular complexity index is 572. The highest BCUT2D eigenvalue weighted by Gasteiger charge is 2.15. The van der Waals surface area contributed by atoms with Gasteiger partial charge in [0.25, 0.3) is 0 Å². The van der Waals surface area contributed by atoms with Gasteiger partial charge in [0.15, 0.2) is 0 Å². The lowest BCUT2D eigenvalue weighted by Crippen LogP contribution is -2.21. The molecule has 0 bridgehead atoms. The maximum absolute atomic E-state index is 13.3. The van der Waals surface area contributed by atoms with E-state index in [1.54, 1.807) is 12.3 Å². The minimum absolute atomic E-state index is 0.0519. The SMILES string of the molecule is CNC(Cc1cc(F)ccc1C)c1ncccc1Br. The van der Waals surface area contributed by atoms with E-state index in [9.17, 15) is 4.39 Å². The van der Waals surface area contributed by atoms with Gasteiger partial charge in [0.2, 0.25) is 0 Å². The maximum atomic E-state index is 13.3. The third-order valence-corrected chi connectivity index (χ3v) is 3.87. The number of nitrogens with zero attached hydrogens (tertiary/aromatic N) is 1. The summed E-state index contributed by atoms with van der Waals surface area (Å²) in [6.07, 6.45) is 2.47. The van der Waals surface area contributed by atoms with Crippen LogP contribution < -0.4 is 5.32 Å². The van der Waals surface area contributed by atoms with E-state index in [1.807, 2.05) is 32.2 Å². The average molecular weight is 323 g/mol. The molecular weight excluding hydrogens is 307 g/mol. The van der Waals surface area contributed by atoms with Crippen LogP contribution in [0.2, 0.25) is 0 Å². The van der Waals surface area contributed by atoms with Crippen molar-refractivity contribution in [1.29, 1.82) is 0 Å². The molecule has 2 aromatic rings. The first-order chi connectivity index (χ1) is 9.11. The highest BCUT2D eigenvalue weighted by molar-refractivity contribution is 9.10. The van der Waals surface area contributed by atoms with Crippen molar-refractivity contribution in [3.05, 3.63) is 63.6 Å². The molecule has 0 spiro atoms. The normalized spacial score (nSPS) is 12.4. The second-order valence-corrected chi connectivity index (χ2v) is 5.34. The summed E-state index contributed by atoms with van der Waals surface area (Å²) in [7, 11) is 1.89. The molecule has 1 unspecified atom stereocenters. The lowest BCUT2D eigenvalue weighted by Gasteiger charge is -2.18. The Kier molecular flexibility index (Phi) is 4.66. The standard InChI is InChI=1S/C15H16BrFN2/c1-10-5-6-12(17)8-11(10)9-14(18-2)15-13(16)4-3-7-19-15/h3-8,14,18H,9H2,1-2H3. The molecule has 0 fully saturated rings. The smallest absolute Gasteiger partial charge is 0.123 e. The number of benzene rings is 1. The lowest BCUT2D eigenvalue weighted by atomic mass is 9.99. The van der Waals surface area contributed by atoms with Crippen molar-refractivity contribution in [3.8, 4) is 0 Å². The molecule has 0 aliphatic heterocycles. The number of hydrogen-bond acceptors (Lipinski definition) is 2. The zero-order valence-electron chi connectivity index (χ0n) is 11.0. The molecule has 2 rings (SSSR count). The van der Waals surface area contributed by atoms with E-state index in [4.69, 9.17) is 0 Å². The molecule has 0 radical (unpaired) electrons. The first-order valence-corrected chi connectivity index (χ1v) is 6.94. The van der Waals surface area contributed by atoms with Crippen molar-refractivity contribution in [3.63, 3.8) is 0 Å². The first kappa shape index (κ1) is 14.2. The van der Waals surface area contributed by atoms with Gasteiger partial charge >= 0.3 is 0 Å². The van der Waals surface area contributed by atoms with Crippen LogP contribution in [0, 0.1) is 12.7 Å². The van der Waals surface area contributed by atoms with E-state index in [0.29, 0.717) is 6.42 Å². The van der Waals surface area contributed by atoms with Gasteiger partial charge in [0, 0.05) is 10.7 Å². The van der Waals surface area contributed by atoms with Crippen molar-refractivity contribution in [2.45, 2.75) is 19.4 Å². The van der Waals surface area contributed by atoms with E-state index in [0.717, 1.165) is 21.3 Å². The number of rotatable bonds is 4. The van der Waals surface area contributed by atoms with Crippen LogP contribution in [-0.2, 0) is 6.42 Å². The largest absolute Gasteiger partial charge is 0.311 e. The summed E-state index contributed by atoms with van der Waals surface area (Å²) in [6.45, 7) is 1.99. The summed E-state index contributed by atoms with van der Waals surface area (Å²) < 4.78 is 14.3. The van der Waals surface area contributed by atoms with Gasteiger partial charge in [-0.15, -0.1) is 0 Å². The second kappa shape index (κ2) is 6.26.